The number of aromatic nitrogens is 2. The smallest absolute Gasteiger partial charge is 0.257 e. The fraction of sp³-hybridized carbons (Fsp3) is 0.412. The molecular weight excluding hydrogens is 392 g/mol. The van der Waals surface area contributed by atoms with E-state index >= 15 is 0 Å². The largest absolute Gasteiger partial charge is 0.338 e. The van der Waals surface area contributed by atoms with Crippen molar-refractivity contribution in [3.63, 3.8) is 0 Å². The second kappa shape index (κ2) is 8.14. The normalized spacial score (nSPS) is 18.8. The van der Waals surface area contributed by atoms with E-state index in [4.69, 9.17) is 5.73 Å². The summed E-state index contributed by atoms with van der Waals surface area (Å²) in [4.78, 5) is 14.6. The summed E-state index contributed by atoms with van der Waals surface area (Å²) in [5, 5.41) is 4.32. The number of nitrogens with two attached hydrogens (primary N) is 1. The summed E-state index contributed by atoms with van der Waals surface area (Å²) in [6, 6.07) is 7.94. The quantitative estimate of drug-likeness (QED) is 0.840. The first kappa shape index (κ1) is 19.0. The van der Waals surface area contributed by atoms with Gasteiger partial charge in [0.2, 0.25) is 0 Å². The molecule has 2 N–H and O–H groups in total. The maximum Gasteiger partial charge on any atom is 0.257 e. The summed E-state index contributed by atoms with van der Waals surface area (Å²) in [7, 11) is 0. The molecule has 2 unspecified atom stereocenters. The van der Waals surface area contributed by atoms with Gasteiger partial charge in [-0.15, -0.1) is 12.4 Å². The van der Waals surface area contributed by atoms with E-state index in [-0.39, 0.29) is 24.4 Å². The molecule has 1 amide bonds. The summed E-state index contributed by atoms with van der Waals surface area (Å²) in [6.45, 7) is 3.55. The van der Waals surface area contributed by atoms with Crippen molar-refractivity contribution in [2.24, 2.45) is 11.7 Å². The number of piperidine rings is 1. The van der Waals surface area contributed by atoms with Crippen LogP contribution in [-0.4, -0.2) is 39.7 Å². The van der Waals surface area contributed by atoms with Crippen molar-refractivity contribution < 1.29 is 4.79 Å². The second-order valence-electron chi connectivity index (χ2n) is 6.16. The van der Waals surface area contributed by atoms with Gasteiger partial charge in [-0.2, -0.15) is 5.10 Å². The molecule has 1 aliphatic rings. The molecule has 1 aliphatic heterocycles. The zero-order chi connectivity index (χ0) is 16.4. The van der Waals surface area contributed by atoms with Crippen LogP contribution < -0.4 is 5.73 Å². The molecule has 0 bridgehead atoms. The lowest BCUT2D eigenvalue weighted by atomic mass is 9.92. The van der Waals surface area contributed by atoms with Gasteiger partial charge in [0.15, 0.2) is 0 Å². The van der Waals surface area contributed by atoms with Crippen LogP contribution in [0.1, 0.15) is 30.1 Å². The molecule has 3 rings (SSSR count). The van der Waals surface area contributed by atoms with Gasteiger partial charge in [0.05, 0.1) is 17.4 Å². The number of hydrogen-bond acceptors (Lipinski definition) is 3. The molecule has 0 radical (unpaired) electrons. The van der Waals surface area contributed by atoms with Crippen LogP contribution in [0.25, 0.3) is 5.69 Å². The van der Waals surface area contributed by atoms with Crippen molar-refractivity contribution in [2.45, 2.75) is 25.8 Å². The van der Waals surface area contributed by atoms with E-state index in [1.807, 2.05) is 36.1 Å². The van der Waals surface area contributed by atoms with Crippen molar-refractivity contribution in [1.29, 1.82) is 0 Å². The first-order valence-electron chi connectivity index (χ1n) is 7.90. The highest BCUT2D eigenvalue weighted by molar-refractivity contribution is 9.10. The lowest BCUT2D eigenvalue weighted by Crippen LogP contribution is -2.45. The Morgan fingerprint density at radius 2 is 2.08 bits per heavy atom. The molecule has 7 heteroatoms. The average molecular weight is 414 g/mol. The molecule has 24 heavy (non-hydrogen) atoms. The van der Waals surface area contributed by atoms with Crippen LogP contribution in [0.2, 0.25) is 0 Å². The second-order valence-corrected chi connectivity index (χ2v) is 7.08. The number of rotatable bonds is 3. The summed E-state index contributed by atoms with van der Waals surface area (Å²) in [6.07, 6.45) is 5.54. The SMILES string of the molecule is CC(N)C1CCCN(C(=O)c2cnn(-c3ccc(Br)cc3)c2)C1.Cl. The molecule has 0 aliphatic carbocycles. The van der Waals surface area contributed by atoms with Gasteiger partial charge in [-0.3, -0.25) is 4.79 Å². The number of benzene rings is 1. The molecule has 0 spiro atoms. The third-order valence-corrected chi connectivity index (χ3v) is 4.94. The van der Waals surface area contributed by atoms with Gasteiger partial charge in [0.25, 0.3) is 5.91 Å². The van der Waals surface area contributed by atoms with Gasteiger partial charge in [-0.1, -0.05) is 15.9 Å². The van der Waals surface area contributed by atoms with Gasteiger partial charge in [-0.25, -0.2) is 4.68 Å². The van der Waals surface area contributed by atoms with Gasteiger partial charge < -0.3 is 10.6 Å². The lowest BCUT2D eigenvalue weighted by molar-refractivity contribution is 0.0661. The zero-order valence-electron chi connectivity index (χ0n) is 13.6. The van der Waals surface area contributed by atoms with Crippen molar-refractivity contribution in [2.75, 3.05) is 13.1 Å². The van der Waals surface area contributed by atoms with Crippen molar-refractivity contribution >= 4 is 34.2 Å². The van der Waals surface area contributed by atoms with Crippen LogP contribution in [0, 0.1) is 5.92 Å². The minimum absolute atomic E-state index is 0. The number of likely N-dealkylation sites (tertiary alicyclic amines) is 1. The lowest BCUT2D eigenvalue weighted by Gasteiger charge is -2.34. The Bertz CT molecular complexity index is 686. The topological polar surface area (TPSA) is 64.2 Å². The van der Waals surface area contributed by atoms with Crippen LogP contribution in [0.15, 0.2) is 41.1 Å². The number of amides is 1. The van der Waals surface area contributed by atoms with E-state index in [9.17, 15) is 4.79 Å². The predicted octanol–water partition coefficient (Wildman–Crippen LogP) is 3.26. The Labute approximate surface area is 156 Å². The third-order valence-electron chi connectivity index (χ3n) is 4.41. The maximum atomic E-state index is 12.7. The highest BCUT2D eigenvalue weighted by Gasteiger charge is 2.27. The molecule has 1 aromatic carbocycles. The number of halogens is 2. The first-order chi connectivity index (χ1) is 11.0. The Morgan fingerprint density at radius 1 is 1.38 bits per heavy atom. The fourth-order valence-electron chi connectivity index (χ4n) is 2.97. The Morgan fingerprint density at radius 3 is 2.75 bits per heavy atom. The van der Waals surface area contributed by atoms with Gasteiger partial charge in [0.1, 0.15) is 0 Å². The first-order valence-corrected chi connectivity index (χ1v) is 8.69. The van der Waals surface area contributed by atoms with E-state index < -0.39 is 0 Å². The Hall–Kier alpha value is -1.37. The van der Waals surface area contributed by atoms with E-state index in [1.165, 1.54) is 0 Å². The predicted molar refractivity (Wildman–Crippen MR) is 101 cm³/mol. The molecule has 130 valence electrons. The summed E-state index contributed by atoms with van der Waals surface area (Å²) in [5.41, 5.74) is 7.56. The summed E-state index contributed by atoms with van der Waals surface area (Å²) in [5.74, 6) is 0.424. The number of carbonyl (C=O) groups excluding carboxylic acids is 1. The molecule has 1 fully saturated rings. The van der Waals surface area contributed by atoms with Gasteiger partial charge in [0, 0.05) is 29.8 Å². The highest BCUT2D eigenvalue weighted by atomic mass is 79.9. The van der Waals surface area contributed by atoms with Crippen molar-refractivity contribution in [3.8, 4) is 5.69 Å². The minimum atomic E-state index is 0. The Balaban J connectivity index is 0.00000208. The van der Waals surface area contributed by atoms with Crippen LogP contribution in [-0.2, 0) is 0 Å². The molecule has 5 nitrogen and oxygen atoms in total. The monoisotopic (exact) mass is 412 g/mol. The molecule has 0 saturated carbocycles. The van der Waals surface area contributed by atoms with Crippen LogP contribution in [0.4, 0.5) is 0 Å². The number of nitrogens with zero attached hydrogens (tertiary/aromatic N) is 3. The average Bonchev–Trinajstić information content (AvgIpc) is 3.05. The third kappa shape index (κ3) is 4.18. The fourth-order valence-corrected chi connectivity index (χ4v) is 3.24. The molecule has 1 saturated heterocycles. The van der Waals surface area contributed by atoms with E-state index in [2.05, 4.69) is 21.0 Å². The zero-order valence-corrected chi connectivity index (χ0v) is 16.0. The number of carbonyl (C=O) groups is 1. The van der Waals surface area contributed by atoms with Crippen LogP contribution >= 0.6 is 28.3 Å². The molecular formula is C17H22BrClN4O. The van der Waals surface area contributed by atoms with Crippen LogP contribution in [0.3, 0.4) is 0 Å². The highest BCUT2D eigenvalue weighted by Crippen LogP contribution is 2.21. The molecule has 1 aromatic heterocycles. The molecule has 2 atom stereocenters. The maximum absolute atomic E-state index is 12.7. The van der Waals surface area contributed by atoms with E-state index in [0.29, 0.717) is 11.5 Å². The van der Waals surface area contributed by atoms with Gasteiger partial charge in [-0.05, 0) is 49.9 Å². The summed E-state index contributed by atoms with van der Waals surface area (Å²) >= 11 is 3.42. The minimum Gasteiger partial charge on any atom is -0.338 e. The van der Waals surface area contributed by atoms with Crippen molar-refractivity contribution in [3.05, 3.63) is 46.7 Å². The Kier molecular flexibility index (Phi) is 6.43. The van der Waals surface area contributed by atoms with E-state index in [0.717, 1.165) is 36.1 Å². The summed E-state index contributed by atoms with van der Waals surface area (Å²) < 4.78 is 2.74. The van der Waals surface area contributed by atoms with Crippen molar-refractivity contribution in [1.82, 2.24) is 14.7 Å². The molecule has 2 aromatic rings. The molecule has 2 heterocycles. The van der Waals surface area contributed by atoms with E-state index in [1.54, 1.807) is 17.1 Å². The van der Waals surface area contributed by atoms with Crippen LogP contribution in [0.5, 0.6) is 0 Å². The standard InChI is InChI=1S/C17H21BrN4O.ClH/c1-12(19)13-3-2-8-21(10-13)17(23)14-9-20-22(11-14)16-6-4-15(18)5-7-16;/h4-7,9,11-13H,2-3,8,10,19H2,1H3;1H. The number of hydrogen-bond donors (Lipinski definition) is 1. The van der Waals surface area contributed by atoms with Gasteiger partial charge >= 0.3 is 0 Å².